The van der Waals surface area contributed by atoms with Crippen molar-refractivity contribution in [3.8, 4) is 0 Å². The molecular weight excluding hydrogens is 422 g/mol. The highest BCUT2D eigenvalue weighted by Gasteiger charge is 2.36. The largest absolute Gasteiger partial charge is 0.394 e. The maximum atomic E-state index is 12.4. The number of benzene rings is 1. The second kappa shape index (κ2) is 9.93. The van der Waals surface area contributed by atoms with Gasteiger partial charge in [-0.1, -0.05) is 55.9 Å². The Bertz CT molecular complexity index is 937. The standard InChI is InChI=1S/C20H29N5O3S2/c1-13(2)11-16(12-26)21-18-22-19(25-30(27,28)17-9-10-17)24-20(23-18)29-14(3)15-7-5-4-6-8-15/h4-8,13-14,16-17,26H,9-12H2,1-3H3,(H2,21,22,23,24,25)/t14?,16-/m1/s1. The number of sulfonamides is 1. The van der Waals surface area contributed by atoms with E-state index in [0.29, 0.717) is 23.9 Å². The van der Waals surface area contributed by atoms with E-state index in [-0.39, 0.29) is 35.0 Å². The Morgan fingerprint density at radius 3 is 2.37 bits per heavy atom. The number of aliphatic hydroxyl groups is 1. The van der Waals surface area contributed by atoms with Crippen molar-refractivity contribution in [2.45, 2.75) is 61.7 Å². The predicted molar refractivity (Wildman–Crippen MR) is 120 cm³/mol. The van der Waals surface area contributed by atoms with Crippen molar-refractivity contribution in [2.75, 3.05) is 16.6 Å². The molecule has 1 saturated carbocycles. The molecule has 8 nitrogen and oxygen atoms in total. The lowest BCUT2D eigenvalue weighted by molar-refractivity contribution is 0.259. The van der Waals surface area contributed by atoms with Gasteiger partial charge >= 0.3 is 0 Å². The fourth-order valence-electron chi connectivity index (χ4n) is 2.99. The van der Waals surface area contributed by atoms with E-state index in [2.05, 4.69) is 38.8 Å². The third-order valence-corrected chi connectivity index (χ3v) is 7.51. The molecule has 0 bridgehead atoms. The second-order valence-electron chi connectivity index (χ2n) is 7.94. The van der Waals surface area contributed by atoms with Gasteiger partial charge in [0.2, 0.25) is 21.9 Å². The molecule has 2 aromatic rings. The molecule has 0 spiro atoms. The van der Waals surface area contributed by atoms with Crippen LogP contribution in [0, 0.1) is 5.92 Å². The van der Waals surface area contributed by atoms with Gasteiger partial charge in [0.1, 0.15) is 0 Å². The number of anilines is 2. The number of hydrogen-bond acceptors (Lipinski definition) is 8. The SMILES string of the molecule is CC(C)C[C@H](CO)Nc1nc(NS(=O)(=O)C2CC2)nc(SC(C)c2ccccc2)n1. The summed E-state index contributed by atoms with van der Waals surface area (Å²) in [5.41, 5.74) is 1.12. The molecule has 1 aliphatic rings. The molecule has 2 atom stereocenters. The van der Waals surface area contributed by atoms with E-state index in [4.69, 9.17) is 0 Å². The third-order valence-electron chi connectivity index (χ3n) is 4.67. The van der Waals surface area contributed by atoms with E-state index >= 15 is 0 Å². The third kappa shape index (κ3) is 6.55. The lowest BCUT2D eigenvalue weighted by atomic mass is 10.0. The van der Waals surface area contributed by atoms with Gasteiger partial charge in [-0.2, -0.15) is 15.0 Å². The number of rotatable bonds is 11. The molecule has 0 aliphatic heterocycles. The molecule has 1 aromatic heterocycles. The summed E-state index contributed by atoms with van der Waals surface area (Å²) in [7, 11) is -3.50. The fourth-order valence-corrected chi connectivity index (χ4v) is 5.15. The van der Waals surface area contributed by atoms with E-state index < -0.39 is 10.0 Å². The topological polar surface area (TPSA) is 117 Å². The van der Waals surface area contributed by atoms with Crippen LogP contribution in [-0.4, -0.2) is 46.4 Å². The van der Waals surface area contributed by atoms with E-state index in [1.165, 1.54) is 11.8 Å². The number of thioether (sulfide) groups is 1. The molecule has 1 unspecified atom stereocenters. The average molecular weight is 452 g/mol. The van der Waals surface area contributed by atoms with Crippen LogP contribution in [0.4, 0.5) is 11.9 Å². The summed E-state index contributed by atoms with van der Waals surface area (Å²) in [6.45, 7) is 6.10. The summed E-state index contributed by atoms with van der Waals surface area (Å²) in [6, 6.07) is 9.72. The van der Waals surface area contributed by atoms with E-state index in [0.717, 1.165) is 12.0 Å². The molecule has 0 radical (unpaired) electrons. The van der Waals surface area contributed by atoms with Crippen molar-refractivity contribution in [1.82, 2.24) is 15.0 Å². The van der Waals surface area contributed by atoms with E-state index in [1.54, 1.807) is 0 Å². The van der Waals surface area contributed by atoms with Crippen LogP contribution in [0.5, 0.6) is 0 Å². The van der Waals surface area contributed by atoms with Crippen LogP contribution in [0.25, 0.3) is 0 Å². The van der Waals surface area contributed by atoms with Gasteiger partial charge in [-0.05, 0) is 37.7 Å². The monoisotopic (exact) mass is 451 g/mol. The molecule has 1 heterocycles. The van der Waals surface area contributed by atoms with Crippen LogP contribution < -0.4 is 10.0 Å². The first-order valence-corrected chi connectivity index (χ1v) is 12.6. The summed E-state index contributed by atoms with van der Waals surface area (Å²) < 4.78 is 27.2. The van der Waals surface area contributed by atoms with E-state index in [1.807, 2.05) is 37.3 Å². The molecule has 10 heteroatoms. The van der Waals surface area contributed by atoms with Crippen LogP contribution in [0.15, 0.2) is 35.5 Å². The van der Waals surface area contributed by atoms with E-state index in [9.17, 15) is 13.5 Å². The Labute approximate surface area is 182 Å². The first-order chi connectivity index (χ1) is 14.3. The Morgan fingerprint density at radius 1 is 1.10 bits per heavy atom. The van der Waals surface area contributed by atoms with Gasteiger partial charge in [0.25, 0.3) is 0 Å². The van der Waals surface area contributed by atoms with Crippen LogP contribution in [0.3, 0.4) is 0 Å². The highest BCUT2D eigenvalue weighted by atomic mass is 32.2. The molecule has 1 fully saturated rings. The first-order valence-electron chi connectivity index (χ1n) is 10.1. The second-order valence-corrected chi connectivity index (χ2v) is 11.2. The Balaban J connectivity index is 1.85. The Hall–Kier alpha value is -1.91. The van der Waals surface area contributed by atoms with Crippen LogP contribution in [0.2, 0.25) is 0 Å². The molecular formula is C20H29N5O3S2. The zero-order valence-electron chi connectivity index (χ0n) is 17.4. The van der Waals surface area contributed by atoms with Crippen molar-refractivity contribution in [3.63, 3.8) is 0 Å². The molecule has 1 aliphatic carbocycles. The summed E-state index contributed by atoms with van der Waals surface area (Å²) in [5.74, 6) is 0.626. The smallest absolute Gasteiger partial charge is 0.242 e. The molecule has 164 valence electrons. The lowest BCUT2D eigenvalue weighted by Gasteiger charge is -2.19. The normalized spacial score (nSPS) is 16.3. The number of aromatic nitrogens is 3. The maximum Gasteiger partial charge on any atom is 0.242 e. The number of nitrogens with one attached hydrogen (secondary N) is 2. The van der Waals surface area contributed by atoms with Crippen molar-refractivity contribution < 1.29 is 13.5 Å². The Morgan fingerprint density at radius 2 is 1.77 bits per heavy atom. The predicted octanol–water partition coefficient (Wildman–Crippen LogP) is 3.45. The highest BCUT2D eigenvalue weighted by Crippen LogP contribution is 2.34. The zero-order chi connectivity index (χ0) is 21.7. The molecule has 3 N–H and O–H groups in total. The highest BCUT2D eigenvalue weighted by molar-refractivity contribution is 7.99. The summed E-state index contributed by atoms with van der Waals surface area (Å²) >= 11 is 1.42. The first kappa shape index (κ1) is 22.8. The molecule has 30 heavy (non-hydrogen) atoms. The minimum Gasteiger partial charge on any atom is -0.394 e. The molecule has 0 saturated heterocycles. The number of aliphatic hydroxyl groups excluding tert-OH is 1. The number of hydrogen-bond donors (Lipinski definition) is 3. The van der Waals surface area contributed by atoms with Gasteiger partial charge in [-0.25, -0.2) is 8.42 Å². The van der Waals surface area contributed by atoms with Crippen molar-refractivity contribution in [1.29, 1.82) is 0 Å². The average Bonchev–Trinajstić information content (AvgIpc) is 3.53. The number of nitrogens with zero attached hydrogens (tertiary/aromatic N) is 3. The van der Waals surface area contributed by atoms with Gasteiger partial charge in [0.15, 0.2) is 5.16 Å². The Kier molecular flexibility index (Phi) is 7.54. The molecule has 0 amide bonds. The van der Waals surface area contributed by atoms with Gasteiger partial charge < -0.3 is 10.4 Å². The fraction of sp³-hybridized carbons (Fsp3) is 0.550. The molecule has 3 rings (SSSR count). The zero-order valence-corrected chi connectivity index (χ0v) is 19.1. The van der Waals surface area contributed by atoms with Gasteiger partial charge in [-0.15, -0.1) is 0 Å². The van der Waals surface area contributed by atoms with Crippen LogP contribution >= 0.6 is 11.8 Å². The van der Waals surface area contributed by atoms with Gasteiger partial charge in [-0.3, -0.25) is 4.72 Å². The minimum absolute atomic E-state index is 0.00315. The quantitative estimate of drug-likeness (QED) is 0.445. The van der Waals surface area contributed by atoms with Crippen molar-refractivity contribution in [2.24, 2.45) is 5.92 Å². The minimum atomic E-state index is -3.50. The lowest BCUT2D eigenvalue weighted by Crippen LogP contribution is -2.27. The summed E-state index contributed by atoms with van der Waals surface area (Å²) in [5, 5.41) is 12.9. The van der Waals surface area contributed by atoms with Crippen molar-refractivity contribution >= 4 is 33.7 Å². The van der Waals surface area contributed by atoms with Gasteiger partial charge in [0.05, 0.1) is 17.9 Å². The summed E-state index contributed by atoms with van der Waals surface area (Å²) in [6.07, 6.45) is 2.03. The van der Waals surface area contributed by atoms with Crippen LogP contribution in [0.1, 0.15) is 50.8 Å². The molecule has 1 aromatic carbocycles. The summed E-state index contributed by atoms with van der Waals surface area (Å²) in [4.78, 5) is 13.1. The van der Waals surface area contributed by atoms with Gasteiger partial charge in [0, 0.05) is 5.25 Å². The van der Waals surface area contributed by atoms with Crippen molar-refractivity contribution in [3.05, 3.63) is 35.9 Å². The maximum absolute atomic E-state index is 12.4. The van der Waals surface area contributed by atoms with Crippen LogP contribution in [-0.2, 0) is 10.0 Å².